The van der Waals surface area contributed by atoms with E-state index in [0.29, 0.717) is 6.54 Å². The number of ether oxygens (including phenoxy) is 1. The Morgan fingerprint density at radius 3 is 2.44 bits per heavy atom. The van der Waals surface area contributed by atoms with Crippen LogP contribution in [0.5, 0.6) is 0 Å². The Morgan fingerprint density at radius 2 is 2.00 bits per heavy atom. The predicted octanol–water partition coefficient (Wildman–Crippen LogP) is -0.166. The van der Waals surface area contributed by atoms with Gasteiger partial charge in [0.05, 0.1) is 6.54 Å². The number of nitrogens with two attached hydrogens (primary N) is 1. The Bertz CT molecular complexity index is 306. The molecule has 0 aromatic rings. The van der Waals surface area contributed by atoms with Gasteiger partial charge in [-0.05, 0) is 5.92 Å². The van der Waals surface area contributed by atoms with Crippen molar-refractivity contribution in [3.63, 3.8) is 0 Å². The van der Waals surface area contributed by atoms with Gasteiger partial charge in [-0.1, -0.05) is 13.8 Å². The fraction of sp³-hybridized carbons (Fsp3) is 0.700. The Balaban J connectivity index is 4.12. The Kier molecular flexibility index (Phi) is 7.25. The Labute approximate surface area is 105 Å². The molecule has 4 N–H and O–H groups in total. The van der Waals surface area contributed by atoms with Crippen molar-refractivity contribution < 1.29 is 24.2 Å². The molecule has 0 rings (SSSR count). The first-order chi connectivity index (χ1) is 8.32. The van der Waals surface area contributed by atoms with Crippen LogP contribution in [0.2, 0.25) is 0 Å². The molecule has 8 heteroatoms. The molecule has 0 aromatic heterocycles. The first-order valence-corrected chi connectivity index (χ1v) is 5.49. The van der Waals surface area contributed by atoms with Crippen LogP contribution in [0.3, 0.4) is 0 Å². The summed E-state index contributed by atoms with van der Waals surface area (Å²) in [5, 5.41) is 11.1. The maximum atomic E-state index is 11.6. The van der Waals surface area contributed by atoms with Crippen LogP contribution >= 0.6 is 0 Å². The van der Waals surface area contributed by atoms with Gasteiger partial charge in [-0.15, -0.1) is 0 Å². The zero-order chi connectivity index (χ0) is 14.1. The number of carbonyl (C=O) groups is 3. The lowest BCUT2D eigenvalue weighted by Gasteiger charge is -2.22. The average Bonchev–Trinajstić information content (AvgIpc) is 2.21. The third-order valence-corrected chi connectivity index (χ3v) is 1.82. The summed E-state index contributed by atoms with van der Waals surface area (Å²) in [7, 11) is 0. The first-order valence-electron chi connectivity index (χ1n) is 5.49. The molecule has 8 nitrogen and oxygen atoms in total. The zero-order valence-electron chi connectivity index (χ0n) is 10.5. The van der Waals surface area contributed by atoms with Crippen molar-refractivity contribution in [1.82, 2.24) is 10.2 Å². The molecule has 0 bridgehead atoms. The Morgan fingerprint density at radius 1 is 1.39 bits per heavy atom. The summed E-state index contributed by atoms with van der Waals surface area (Å²) in [6.07, 6.45) is -0.922. The first kappa shape index (κ1) is 16.0. The maximum Gasteiger partial charge on any atom is 0.404 e. The number of nitrogens with zero attached hydrogens (tertiary/aromatic N) is 1. The summed E-state index contributed by atoms with van der Waals surface area (Å²) < 4.78 is 4.42. The highest BCUT2D eigenvalue weighted by molar-refractivity contribution is 5.80. The van der Waals surface area contributed by atoms with E-state index in [1.807, 2.05) is 13.8 Å². The average molecular weight is 261 g/mol. The molecule has 0 saturated carbocycles. The van der Waals surface area contributed by atoms with Gasteiger partial charge in [-0.2, -0.15) is 0 Å². The zero-order valence-corrected chi connectivity index (χ0v) is 10.5. The summed E-state index contributed by atoms with van der Waals surface area (Å²) in [5.74, 6) is -0.934. The number of aliphatic carboxylic acids is 1. The van der Waals surface area contributed by atoms with E-state index in [9.17, 15) is 14.4 Å². The van der Waals surface area contributed by atoms with Gasteiger partial charge in [0.1, 0.15) is 13.2 Å². The minimum Gasteiger partial charge on any atom is -0.480 e. The molecule has 18 heavy (non-hydrogen) atoms. The number of carbonyl (C=O) groups excluding carboxylic acids is 2. The van der Waals surface area contributed by atoms with E-state index in [-0.39, 0.29) is 25.6 Å². The molecule has 0 aromatic carbocycles. The lowest BCUT2D eigenvalue weighted by atomic mass is 10.2. The molecule has 3 amide bonds. The lowest BCUT2D eigenvalue weighted by molar-refractivity contribution is -0.137. The highest BCUT2D eigenvalue weighted by atomic mass is 16.5. The van der Waals surface area contributed by atoms with Crippen LogP contribution < -0.4 is 11.1 Å². The number of rotatable bonds is 7. The van der Waals surface area contributed by atoms with Crippen molar-refractivity contribution in [2.75, 3.05) is 26.2 Å². The van der Waals surface area contributed by atoms with Crippen molar-refractivity contribution in [3.05, 3.63) is 0 Å². The Hall–Kier alpha value is -1.99. The van der Waals surface area contributed by atoms with Crippen LogP contribution in [0.15, 0.2) is 0 Å². The molecule has 0 fully saturated rings. The van der Waals surface area contributed by atoms with Crippen molar-refractivity contribution in [3.8, 4) is 0 Å². The fourth-order valence-electron chi connectivity index (χ4n) is 1.24. The van der Waals surface area contributed by atoms with E-state index in [1.165, 1.54) is 4.90 Å². The number of carboxylic acids is 1. The number of primary amides is 1. The second-order valence-electron chi connectivity index (χ2n) is 4.07. The van der Waals surface area contributed by atoms with Crippen LogP contribution in [-0.4, -0.2) is 54.3 Å². The molecule has 0 saturated heterocycles. The van der Waals surface area contributed by atoms with Gasteiger partial charge < -0.3 is 25.8 Å². The number of carboxylic acid groups (broad SMARTS) is 1. The number of hydrogen-bond acceptors (Lipinski definition) is 4. The van der Waals surface area contributed by atoms with Gasteiger partial charge in [-0.3, -0.25) is 4.79 Å². The van der Waals surface area contributed by atoms with Crippen molar-refractivity contribution >= 4 is 18.1 Å². The molecular weight excluding hydrogens is 242 g/mol. The summed E-state index contributed by atoms with van der Waals surface area (Å²) in [4.78, 5) is 33.7. The summed E-state index contributed by atoms with van der Waals surface area (Å²) in [5.41, 5.74) is 4.74. The van der Waals surface area contributed by atoms with E-state index in [1.54, 1.807) is 0 Å². The molecule has 0 aliphatic carbocycles. The van der Waals surface area contributed by atoms with E-state index in [0.717, 1.165) is 0 Å². The second kappa shape index (κ2) is 8.15. The number of nitrogens with one attached hydrogen (secondary N) is 1. The van der Waals surface area contributed by atoms with E-state index >= 15 is 0 Å². The highest BCUT2D eigenvalue weighted by Crippen LogP contribution is 1.99. The van der Waals surface area contributed by atoms with Crippen LogP contribution in [0, 0.1) is 5.92 Å². The molecule has 0 spiro atoms. The van der Waals surface area contributed by atoms with Crippen molar-refractivity contribution in [1.29, 1.82) is 0 Å². The molecule has 0 unspecified atom stereocenters. The van der Waals surface area contributed by atoms with E-state index in [2.05, 4.69) is 10.1 Å². The molecule has 104 valence electrons. The van der Waals surface area contributed by atoms with Gasteiger partial charge in [0.25, 0.3) is 0 Å². The van der Waals surface area contributed by atoms with Crippen LogP contribution in [-0.2, 0) is 9.53 Å². The number of amides is 3. The number of urea groups is 1. The van der Waals surface area contributed by atoms with Crippen LogP contribution in [0.25, 0.3) is 0 Å². The number of hydrogen-bond donors (Lipinski definition) is 3. The van der Waals surface area contributed by atoms with Crippen molar-refractivity contribution in [2.24, 2.45) is 11.7 Å². The summed E-state index contributed by atoms with van der Waals surface area (Å²) in [6.45, 7) is 3.73. The molecule has 0 aliphatic heterocycles. The van der Waals surface area contributed by atoms with Gasteiger partial charge in [0.15, 0.2) is 0 Å². The maximum absolute atomic E-state index is 11.6. The molecule has 0 radical (unpaired) electrons. The van der Waals surface area contributed by atoms with Gasteiger partial charge in [-0.25, -0.2) is 9.59 Å². The van der Waals surface area contributed by atoms with Crippen LogP contribution in [0.1, 0.15) is 13.8 Å². The topological polar surface area (TPSA) is 122 Å². The van der Waals surface area contributed by atoms with Gasteiger partial charge >= 0.3 is 18.1 Å². The second-order valence-corrected chi connectivity index (χ2v) is 4.07. The lowest BCUT2D eigenvalue weighted by Crippen LogP contribution is -2.45. The van der Waals surface area contributed by atoms with Crippen molar-refractivity contribution in [2.45, 2.75) is 13.8 Å². The van der Waals surface area contributed by atoms with Gasteiger partial charge in [0, 0.05) is 6.54 Å². The fourth-order valence-corrected chi connectivity index (χ4v) is 1.24. The standard InChI is InChI=1S/C10H19N3O5/c1-7(2)5-13(6-8(14)15)10(17)12-3-4-18-9(11)16/h7H,3-6H2,1-2H3,(H2,11,16)(H,12,17)(H,14,15). The third-order valence-electron chi connectivity index (χ3n) is 1.82. The molecule has 0 atom stereocenters. The molecule has 0 heterocycles. The third kappa shape index (κ3) is 8.20. The predicted molar refractivity (Wildman–Crippen MR) is 63.0 cm³/mol. The smallest absolute Gasteiger partial charge is 0.404 e. The normalized spacial score (nSPS) is 9.94. The van der Waals surface area contributed by atoms with E-state index < -0.39 is 18.1 Å². The minimum atomic E-state index is -1.08. The quantitative estimate of drug-likeness (QED) is 0.549. The van der Waals surface area contributed by atoms with Crippen LogP contribution in [0.4, 0.5) is 9.59 Å². The summed E-state index contributed by atoms with van der Waals surface area (Å²) in [6, 6.07) is -0.515. The highest BCUT2D eigenvalue weighted by Gasteiger charge is 2.17. The minimum absolute atomic E-state index is 0.0519. The molecular formula is C10H19N3O5. The van der Waals surface area contributed by atoms with E-state index in [4.69, 9.17) is 10.8 Å². The SMILES string of the molecule is CC(C)CN(CC(=O)O)C(=O)NCCOC(N)=O. The largest absolute Gasteiger partial charge is 0.480 e. The molecule has 0 aliphatic rings. The summed E-state index contributed by atoms with van der Waals surface area (Å²) >= 11 is 0. The van der Waals surface area contributed by atoms with Gasteiger partial charge in [0.2, 0.25) is 0 Å². The monoisotopic (exact) mass is 261 g/mol.